The van der Waals surface area contributed by atoms with Crippen molar-refractivity contribution in [3.8, 4) is 0 Å². The lowest BCUT2D eigenvalue weighted by atomic mass is 10.0. The fourth-order valence-corrected chi connectivity index (χ4v) is 2.92. The zero-order valence-corrected chi connectivity index (χ0v) is 13.6. The van der Waals surface area contributed by atoms with Gasteiger partial charge in [-0.25, -0.2) is 9.59 Å². The number of urea groups is 1. The van der Waals surface area contributed by atoms with Gasteiger partial charge >= 0.3 is 12.0 Å². The second-order valence-corrected chi connectivity index (χ2v) is 6.38. The molecule has 21 heavy (non-hydrogen) atoms. The Hall–Kier alpha value is -1.56. The van der Waals surface area contributed by atoms with Crippen LogP contribution in [0, 0.1) is 5.92 Å². The molecular weight excluding hydrogens is 336 g/mol. The van der Waals surface area contributed by atoms with Crippen molar-refractivity contribution in [1.29, 1.82) is 0 Å². The standard InChI is InChI=1S/C15H19BrN2O3/c1-9-7-8-18(13(9)14(19)20)15(21)17-10(2)11-3-5-12(16)6-4-11/h3-6,9-10,13H,7-8H2,1-2H3,(H,17,21)(H,19,20). The van der Waals surface area contributed by atoms with Crippen molar-refractivity contribution >= 4 is 27.9 Å². The van der Waals surface area contributed by atoms with Crippen LogP contribution >= 0.6 is 15.9 Å². The second-order valence-electron chi connectivity index (χ2n) is 5.47. The van der Waals surface area contributed by atoms with Crippen LogP contribution in [0.5, 0.6) is 0 Å². The fraction of sp³-hybridized carbons (Fsp3) is 0.467. The van der Waals surface area contributed by atoms with Crippen molar-refractivity contribution in [2.75, 3.05) is 6.54 Å². The zero-order valence-electron chi connectivity index (χ0n) is 12.0. The molecule has 0 bridgehead atoms. The van der Waals surface area contributed by atoms with Gasteiger partial charge in [-0.1, -0.05) is 35.0 Å². The lowest BCUT2D eigenvalue weighted by Crippen LogP contribution is -2.48. The maximum absolute atomic E-state index is 12.3. The average molecular weight is 355 g/mol. The summed E-state index contributed by atoms with van der Waals surface area (Å²) in [6, 6.07) is 6.46. The van der Waals surface area contributed by atoms with Crippen molar-refractivity contribution in [2.24, 2.45) is 5.92 Å². The van der Waals surface area contributed by atoms with E-state index in [1.807, 2.05) is 38.1 Å². The summed E-state index contributed by atoms with van der Waals surface area (Å²) in [5.41, 5.74) is 0.977. The lowest BCUT2D eigenvalue weighted by molar-refractivity contribution is -0.142. The molecule has 6 heteroatoms. The van der Waals surface area contributed by atoms with Gasteiger partial charge in [0.05, 0.1) is 6.04 Å². The van der Waals surface area contributed by atoms with Gasteiger partial charge in [0.1, 0.15) is 6.04 Å². The van der Waals surface area contributed by atoms with Crippen LogP contribution in [0.3, 0.4) is 0 Å². The van der Waals surface area contributed by atoms with Crippen LogP contribution in [0.25, 0.3) is 0 Å². The van der Waals surface area contributed by atoms with Gasteiger partial charge in [-0.05, 0) is 37.0 Å². The number of aliphatic carboxylic acids is 1. The number of nitrogens with one attached hydrogen (secondary N) is 1. The highest BCUT2D eigenvalue weighted by Gasteiger charge is 2.39. The van der Waals surface area contributed by atoms with Crippen LogP contribution in [0.1, 0.15) is 31.9 Å². The number of nitrogens with zero attached hydrogens (tertiary/aromatic N) is 1. The third kappa shape index (κ3) is 3.56. The van der Waals surface area contributed by atoms with Crippen molar-refractivity contribution in [3.05, 3.63) is 34.3 Å². The third-order valence-corrected chi connectivity index (χ3v) is 4.45. The number of rotatable bonds is 3. The summed E-state index contributed by atoms with van der Waals surface area (Å²) in [6.07, 6.45) is 0.719. The van der Waals surface area contributed by atoms with E-state index in [9.17, 15) is 14.7 Å². The summed E-state index contributed by atoms with van der Waals surface area (Å²) >= 11 is 3.37. The summed E-state index contributed by atoms with van der Waals surface area (Å²) in [7, 11) is 0. The Morgan fingerprint density at radius 1 is 1.38 bits per heavy atom. The van der Waals surface area contributed by atoms with E-state index in [0.29, 0.717) is 6.54 Å². The number of likely N-dealkylation sites (tertiary alicyclic amines) is 1. The topological polar surface area (TPSA) is 69.6 Å². The van der Waals surface area contributed by atoms with Crippen LogP contribution in [0.2, 0.25) is 0 Å². The minimum atomic E-state index is -0.938. The zero-order chi connectivity index (χ0) is 15.6. The molecule has 1 fully saturated rings. The summed E-state index contributed by atoms with van der Waals surface area (Å²) < 4.78 is 0.976. The van der Waals surface area contributed by atoms with E-state index >= 15 is 0 Å². The highest BCUT2D eigenvalue weighted by atomic mass is 79.9. The van der Waals surface area contributed by atoms with Crippen LogP contribution in [-0.4, -0.2) is 34.6 Å². The van der Waals surface area contributed by atoms with E-state index in [0.717, 1.165) is 16.5 Å². The normalized spacial score (nSPS) is 22.9. The van der Waals surface area contributed by atoms with Gasteiger partial charge in [-0.15, -0.1) is 0 Å². The van der Waals surface area contributed by atoms with Crippen molar-refractivity contribution in [1.82, 2.24) is 10.2 Å². The molecule has 0 saturated carbocycles. The largest absolute Gasteiger partial charge is 0.480 e. The first-order valence-corrected chi connectivity index (χ1v) is 7.75. The van der Waals surface area contributed by atoms with Crippen LogP contribution in [-0.2, 0) is 4.79 Å². The van der Waals surface area contributed by atoms with E-state index < -0.39 is 12.0 Å². The first-order valence-electron chi connectivity index (χ1n) is 6.95. The number of amides is 2. The summed E-state index contributed by atoms with van der Waals surface area (Å²) in [6.45, 7) is 4.23. The molecule has 0 aromatic heterocycles. The number of benzene rings is 1. The molecular formula is C15H19BrN2O3. The Bertz CT molecular complexity index is 532. The second kappa shape index (κ2) is 6.47. The summed E-state index contributed by atoms with van der Waals surface area (Å²) in [5, 5.41) is 12.1. The minimum Gasteiger partial charge on any atom is -0.480 e. The SMILES string of the molecule is CC(NC(=O)N1CCC(C)C1C(=O)O)c1ccc(Br)cc1. The van der Waals surface area contributed by atoms with Gasteiger partial charge in [0.15, 0.2) is 0 Å². The maximum atomic E-state index is 12.3. The molecule has 1 aromatic carbocycles. The van der Waals surface area contributed by atoms with Gasteiger partial charge in [0, 0.05) is 11.0 Å². The Balaban J connectivity index is 2.04. The van der Waals surface area contributed by atoms with Crippen molar-refractivity contribution in [2.45, 2.75) is 32.4 Å². The molecule has 1 aromatic rings. The van der Waals surface area contributed by atoms with E-state index in [1.54, 1.807) is 0 Å². The van der Waals surface area contributed by atoms with E-state index in [4.69, 9.17) is 0 Å². The Labute approximate surface area is 132 Å². The van der Waals surface area contributed by atoms with Gasteiger partial charge in [0.2, 0.25) is 0 Å². The lowest BCUT2D eigenvalue weighted by Gasteiger charge is -2.25. The van der Waals surface area contributed by atoms with E-state index in [2.05, 4.69) is 21.2 Å². The van der Waals surface area contributed by atoms with Crippen LogP contribution < -0.4 is 5.32 Å². The molecule has 0 spiro atoms. The van der Waals surface area contributed by atoms with Crippen LogP contribution in [0.15, 0.2) is 28.7 Å². The predicted molar refractivity (Wildman–Crippen MR) is 83.0 cm³/mol. The molecule has 0 radical (unpaired) electrons. The van der Waals surface area contributed by atoms with E-state index in [-0.39, 0.29) is 18.0 Å². The molecule has 3 unspecified atom stereocenters. The number of hydrogen-bond donors (Lipinski definition) is 2. The molecule has 2 amide bonds. The maximum Gasteiger partial charge on any atom is 0.326 e. The molecule has 114 valence electrons. The van der Waals surface area contributed by atoms with E-state index in [1.165, 1.54) is 4.90 Å². The number of carboxylic acids is 1. The molecule has 5 nitrogen and oxygen atoms in total. The molecule has 1 heterocycles. The monoisotopic (exact) mass is 354 g/mol. The average Bonchev–Trinajstić information content (AvgIpc) is 2.81. The number of halogens is 1. The van der Waals surface area contributed by atoms with Crippen LogP contribution in [0.4, 0.5) is 4.79 Å². The summed E-state index contributed by atoms with van der Waals surface area (Å²) in [5.74, 6) is -0.956. The van der Waals surface area contributed by atoms with Crippen molar-refractivity contribution < 1.29 is 14.7 Å². The number of carbonyl (C=O) groups excluding carboxylic acids is 1. The number of hydrogen-bond acceptors (Lipinski definition) is 2. The fourth-order valence-electron chi connectivity index (χ4n) is 2.65. The molecule has 2 rings (SSSR count). The highest BCUT2D eigenvalue weighted by molar-refractivity contribution is 9.10. The number of carbonyl (C=O) groups is 2. The molecule has 1 aliphatic heterocycles. The van der Waals surface area contributed by atoms with Gasteiger partial charge in [-0.3, -0.25) is 0 Å². The molecule has 0 aliphatic carbocycles. The molecule has 2 N–H and O–H groups in total. The molecule has 3 atom stereocenters. The Morgan fingerprint density at radius 2 is 2.00 bits per heavy atom. The number of carboxylic acid groups (broad SMARTS) is 1. The summed E-state index contributed by atoms with van der Waals surface area (Å²) in [4.78, 5) is 25.0. The highest BCUT2D eigenvalue weighted by Crippen LogP contribution is 2.25. The van der Waals surface area contributed by atoms with Crippen molar-refractivity contribution in [3.63, 3.8) is 0 Å². The third-order valence-electron chi connectivity index (χ3n) is 3.92. The first-order chi connectivity index (χ1) is 9.90. The predicted octanol–water partition coefficient (Wildman–Crippen LogP) is 3.01. The van der Waals surface area contributed by atoms with Gasteiger partial charge < -0.3 is 15.3 Å². The van der Waals surface area contributed by atoms with Gasteiger partial charge in [0.25, 0.3) is 0 Å². The minimum absolute atomic E-state index is 0.0174. The smallest absolute Gasteiger partial charge is 0.326 e. The Kier molecular flexibility index (Phi) is 4.88. The molecule has 1 aliphatic rings. The Morgan fingerprint density at radius 3 is 2.57 bits per heavy atom. The first kappa shape index (κ1) is 15.8. The molecule has 1 saturated heterocycles. The van der Waals surface area contributed by atoms with Gasteiger partial charge in [-0.2, -0.15) is 0 Å². The quantitative estimate of drug-likeness (QED) is 0.876.